The van der Waals surface area contributed by atoms with Crippen LogP contribution in [0.1, 0.15) is 84.1 Å². The second kappa shape index (κ2) is 23.6. The van der Waals surface area contributed by atoms with Gasteiger partial charge in [0.2, 0.25) is 5.88 Å². The van der Waals surface area contributed by atoms with Crippen molar-refractivity contribution >= 4 is 49.7 Å². The number of aromatic nitrogens is 3. The highest BCUT2D eigenvalue weighted by molar-refractivity contribution is 7.90. The predicted molar refractivity (Wildman–Crippen MR) is 324 cm³/mol. The molecule has 1 aliphatic carbocycles. The molecule has 3 fully saturated rings. The van der Waals surface area contributed by atoms with E-state index in [-0.39, 0.29) is 47.6 Å². The molecule has 12 rings (SSSR count). The molecule has 17 heteroatoms. The van der Waals surface area contributed by atoms with Crippen molar-refractivity contribution in [2.75, 3.05) is 70.5 Å². The first-order chi connectivity index (χ1) is 40.7. The molecule has 0 saturated carbocycles. The smallest absolute Gasteiger partial charge is 0.268 e. The van der Waals surface area contributed by atoms with Crippen LogP contribution in [0.2, 0.25) is 5.02 Å². The van der Waals surface area contributed by atoms with Crippen molar-refractivity contribution in [2.24, 2.45) is 5.41 Å². The average molecular weight is 1170 g/mol. The van der Waals surface area contributed by atoms with Crippen molar-refractivity contribution in [3.8, 4) is 23.4 Å². The van der Waals surface area contributed by atoms with Crippen molar-refractivity contribution < 1.29 is 31.8 Å². The van der Waals surface area contributed by atoms with Gasteiger partial charge in [-0.05, 0) is 108 Å². The van der Waals surface area contributed by atoms with Gasteiger partial charge >= 0.3 is 0 Å². The number of rotatable bonds is 17. The Morgan fingerprint density at radius 3 is 2.07 bits per heavy atom. The Labute approximate surface area is 495 Å². The molecule has 4 aliphatic rings. The van der Waals surface area contributed by atoms with Crippen LogP contribution in [-0.4, -0.2) is 116 Å². The molecule has 430 valence electrons. The van der Waals surface area contributed by atoms with Crippen LogP contribution in [0.4, 0.5) is 10.1 Å². The van der Waals surface area contributed by atoms with Gasteiger partial charge < -0.3 is 19.1 Å². The van der Waals surface area contributed by atoms with Crippen LogP contribution in [0.3, 0.4) is 0 Å². The molecular formula is C67H66ClFN8O6S. The first kappa shape index (κ1) is 56.6. The highest BCUT2D eigenvalue weighted by Crippen LogP contribution is 2.46. The Kier molecular flexibility index (Phi) is 15.9. The number of benzene rings is 6. The lowest BCUT2D eigenvalue weighted by molar-refractivity contribution is -0.0892. The normalized spacial score (nSPS) is 17.8. The van der Waals surface area contributed by atoms with E-state index in [1.165, 1.54) is 16.7 Å². The van der Waals surface area contributed by atoms with Crippen molar-refractivity contribution in [2.45, 2.75) is 68.1 Å². The lowest BCUT2D eigenvalue weighted by atomic mass is 9.72. The van der Waals surface area contributed by atoms with Crippen LogP contribution in [0.15, 0.2) is 181 Å². The topological polar surface area (TPSA) is 155 Å². The van der Waals surface area contributed by atoms with E-state index in [1.807, 2.05) is 102 Å². The number of pyridine rings is 1. The van der Waals surface area contributed by atoms with E-state index in [0.29, 0.717) is 56.6 Å². The quantitative estimate of drug-likeness (QED) is 0.0863. The first-order valence-corrected chi connectivity index (χ1v) is 30.6. The fraction of sp³-hybridized carbons (Fsp3) is 0.313. The number of hydrogen-bond acceptors (Lipinski definition) is 12. The molecule has 1 amide bonds. The SMILES string of the molecule is CC1(C)CCC(CN2CCN(c3ccc(C(=O)NS(=O)(=O)c4cnc(OCC5(F)CCN(C6COC6)CC5)c(C#N)c4)c(Oc4cccc5c4cnn5C(c4ccccc4)(c4ccccc4)c4ccccc4)c3)CC2)=C(c2ccc(Cl)cc2)C1. The minimum absolute atomic E-state index is 0.0583. The average Bonchev–Trinajstić information content (AvgIpc) is 1.57. The summed E-state index contributed by atoms with van der Waals surface area (Å²) in [7, 11) is -4.66. The van der Waals surface area contributed by atoms with Crippen LogP contribution in [0.25, 0.3) is 16.5 Å². The van der Waals surface area contributed by atoms with Gasteiger partial charge in [0, 0.05) is 62.6 Å². The number of ether oxygens (including phenoxy) is 3. The van der Waals surface area contributed by atoms with E-state index >= 15 is 4.39 Å². The van der Waals surface area contributed by atoms with E-state index < -0.39 is 32.0 Å². The number of hydrogen-bond donors (Lipinski definition) is 1. The number of fused-ring (bicyclic) bond motifs is 1. The Morgan fingerprint density at radius 1 is 0.798 bits per heavy atom. The standard InChI is InChI=1S/C67H66ClFN8O6S/c1-65(2)28-27-48(58(39-65)47-21-23-53(68)24-22-47)43-74-33-35-76(36-34-74)54-25-26-57(63(78)73-84(79,80)56-37-49(40-70)64(71-41-56)82-46-66(69)29-31-75(32-30-66)55-44-81-45-55)62(38-54)83-61-20-12-19-60-59(61)42-72-77(60)67(50-13-6-3-7-14-50,51-15-8-4-9-16-51)52-17-10-5-11-18-52/h3-26,37-38,41-42,55H,27-36,39,43-46H2,1-2H3,(H,73,78). The van der Waals surface area contributed by atoms with E-state index in [2.05, 4.69) is 86.8 Å². The molecule has 1 N–H and O–H groups in total. The summed E-state index contributed by atoms with van der Waals surface area (Å²) >= 11 is 6.33. The number of halogens is 2. The number of allylic oxidation sites excluding steroid dienone is 1. The fourth-order valence-corrected chi connectivity index (χ4v) is 13.4. The van der Waals surface area contributed by atoms with Gasteiger partial charge in [-0.2, -0.15) is 10.4 Å². The zero-order chi connectivity index (χ0) is 58.1. The molecule has 3 saturated heterocycles. The van der Waals surface area contributed by atoms with E-state index in [0.717, 1.165) is 84.1 Å². The van der Waals surface area contributed by atoms with Crippen molar-refractivity contribution in [1.82, 2.24) is 29.3 Å². The molecular weight excluding hydrogens is 1100 g/mol. The monoisotopic (exact) mass is 1160 g/mol. The van der Waals surface area contributed by atoms with E-state index in [1.54, 1.807) is 18.3 Å². The third-order valence-corrected chi connectivity index (χ3v) is 18.8. The zero-order valence-electron chi connectivity index (χ0n) is 47.1. The Balaban J connectivity index is 0.852. The molecule has 2 aromatic heterocycles. The second-order valence-corrected chi connectivity index (χ2v) is 25.4. The van der Waals surface area contributed by atoms with Crippen LogP contribution in [-0.2, 0) is 20.3 Å². The van der Waals surface area contributed by atoms with Gasteiger partial charge in [-0.15, -0.1) is 0 Å². The number of piperidine rings is 1. The molecule has 3 aliphatic heterocycles. The summed E-state index contributed by atoms with van der Waals surface area (Å²) in [6, 6.07) is 53.1. The van der Waals surface area contributed by atoms with Gasteiger partial charge in [0.15, 0.2) is 0 Å². The number of nitriles is 1. The number of likely N-dealkylation sites (tertiary alicyclic amines) is 1. The molecule has 0 radical (unpaired) electrons. The number of carbonyl (C=O) groups excluding carboxylic acids is 1. The lowest BCUT2D eigenvalue weighted by Gasteiger charge is -2.43. The second-order valence-electron chi connectivity index (χ2n) is 23.3. The lowest BCUT2D eigenvalue weighted by Crippen LogP contribution is -2.55. The van der Waals surface area contributed by atoms with Crippen molar-refractivity contribution in [3.63, 3.8) is 0 Å². The largest absolute Gasteiger partial charge is 0.473 e. The molecule has 0 atom stereocenters. The fourth-order valence-electron chi connectivity index (χ4n) is 12.4. The zero-order valence-corrected chi connectivity index (χ0v) is 48.7. The van der Waals surface area contributed by atoms with Crippen LogP contribution >= 0.6 is 11.6 Å². The number of nitrogens with one attached hydrogen (secondary N) is 1. The number of nitrogens with zero attached hydrogens (tertiary/aromatic N) is 7. The minimum atomic E-state index is -4.66. The molecule has 14 nitrogen and oxygen atoms in total. The molecule has 0 bridgehead atoms. The van der Waals surface area contributed by atoms with Gasteiger partial charge in [-0.1, -0.05) is 140 Å². The minimum Gasteiger partial charge on any atom is -0.473 e. The third kappa shape index (κ3) is 11.6. The highest BCUT2D eigenvalue weighted by atomic mass is 35.5. The molecule has 8 aromatic rings. The summed E-state index contributed by atoms with van der Waals surface area (Å²) in [6.07, 6.45) is 6.35. The number of piperazine rings is 1. The molecule has 0 spiro atoms. The predicted octanol–water partition coefficient (Wildman–Crippen LogP) is 12.1. The van der Waals surface area contributed by atoms with E-state index in [9.17, 15) is 18.5 Å². The number of anilines is 1. The number of sulfonamides is 1. The Bertz CT molecular complexity index is 3780. The van der Waals surface area contributed by atoms with Gasteiger partial charge in [0.25, 0.3) is 15.9 Å². The van der Waals surface area contributed by atoms with Crippen LogP contribution in [0, 0.1) is 16.7 Å². The van der Waals surface area contributed by atoms with Gasteiger partial charge in [-0.25, -0.2) is 27.2 Å². The van der Waals surface area contributed by atoms with Crippen LogP contribution < -0.4 is 19.1 Å². The summed E-state index contributed by atoms with van der Waals surface area (Å²) in [4.78, 5) is 25.3. The molecule has 5 heterocycles. The number of amides is 1. The number of carbonyl (C=O) groups is 1. The maximum Gasteiger partial charge on any atom is 0.268 e. The summed E-state index contributed by atoms with van der Waals surface area (Å²) in [5.74, 6) is -0.685. The van der Waals surface area contributed by atoms with Gasteiger partial charge in [0.1, 0.15) is 45.8 Å². The van der Waals surface area contributed by atoms with E-state index in [4.69, 9.17) is 30.9 Å². The highest BCUT2D eigenvalue weighted by Gasteiger charge is 2.42. The van der Waals surface area contributed by atoms with Gasteiger partial charge in [0.05, 0.1) is 48.1 Å². The van der Waals surface area contributed by atoms with Crippen molar-refractivity contribution in [1.29, 1.82) is 5.26 Å². The maximum atomic E-state index is 16.0. The first-order valence-electron chi connectivity index (χ1n) is 28.7. The Hall–Kier alpha value is -7.91. The van der Waals surface area contributed by atoms with Crippen LogP contribution in [0.5, 0.6) is 17.4 Å². The summed E-state index contributed by atoms with van der Waals surface area (Å²) < 4.78 is 66.7. The molecule has 6 aromatic carbocycles. The van der Waals surface area contributed by atoms with Crippen molar-refractivity contribution in [3.05, 3.63) is 214 Å². The number of alkyl halides is 1. The summed E-state index contributed by atoms with van der Waals surface area (Å²) in [5.41, 5.74) is 5.84. The summed E-state index contributed by atoms with van der Waals surface area (Å²) in [5, 5.41) is 16.7. The maximum absolute atomic E-state index is 16.0. The van der Waals surface area contributed by atoms with Gasteiger partial charge in [-0.3, -0.25) is 14.6 Å². The Morgan fingerprint density at radius 2 is 1.45 bits per heavy atom. The summed E-state index contributed by atoms with van der Waals surface area (Å²) in [6.45, 7) is 10.5. The molecule has 0 unspecified atom stereocenters. The molecule has 84 heavy (non-hydrogen) atoms. The third-order valence-electron chi connectivity index (χ3n) is 17.2.